The Morgan fingerprint density at radius 2 is 1.57 bits per heavy atom. The predicted octanol–water partition coefficient (Wildman–Crippen LogP) is 3.13. The molecule has 0 saturated heterocycles. The molecular weight excluding hydrogens is 374 g/mol. The smallest absolute Gasteiger partial charge is 0.508 e. The van der Waals surface area contributed by atoms with Crippen molar-refractivity contribution in [3.63, 3.8) is 0 Å². The van der Waals surface area contributed by atoms with Gasteiger partial charge in [0, 0.05) is 12.3 Å². The fourth-order valence-electron chi connectivity index (χ4n) is 1.98. The van der Waals surface area contributed by atoms with Crippen molar-refractivity contribution in [2.24, 2.45) is 4.99 Å². The number of phenols is 1. The van der Waals surface area contributed by atoms with Crippen molar-refractivity contribution in [3.05, 3.63) is 47.5 Å². The Morgan fingerprint density at radius 1 is 0.929 bits per heavy atom. The molecule has 0 fully saturated rings. The molecule has 0 aliphatic carbocycles. The van der Waals surface area contributed by atoms with Gasteiger partial charge in [-0.1, -0.05) is 0 Å². The van der Waals surface area contributed by atoms with Crippen LogP contribution in [-0.2, 0) is 9.47 Å². The maximum absolute atomic E-state index is 11.4. The van der Waals surface area contributed by atoms with E-state index in [1.807, 2.05) is 0 Å². The van der Waals surface area contributed by atoms with Crippen LogP contribution in [0, 0.1) is 0 Å². The number of benzene rings is 2. The number of carbonyl (C=O) groups is 3. The summed E-state index contributed by atoms with van der Waals surface area (Å²) in [4.78, 5) is 38.0. The topological polar surface area (TPSA) is 141 Å². The Hall–Kier alpha value is -4.08. The minimum Gasteiger partial charge on any atom is -0.508 e. The molecule has 0 unspecified atom stereocenters. The van der Waals surface area contributed by atoms with Gasteiger partial charge in [-0.3, -0.25) is 4.99 Å². The zero-order valence-electron chi connectivity index (χ0n) is 14.7. The Kier molecular flexibility index (Phi) is 6.53. The molecule has 0 aromatic heterocycles. The number of carboxylic acids is 1. The number of phenolic OH excluding ortho intramolecular Hbond substituents is 1. The van der Waals surface area contributed by atoms with Gasteiger partial charge in [0.1, 0.15) is 5.75 Å². The summed E-state index contributed by atoms with van der Waals surface area (Å²) in [5.41, 5.74) is 0.263. The maximum atomic E-state index is 11.4. The molecule has 0 saturated carbocycles. The van der Waals surface area contributed by atoms with E-state index in [2.05, 4.69) is 14.5 Å². The summed E-state index contributed by atoms with van der Waals surface area (Å²) in [7, 11) is 2.21. The molecule has 0 aliphatic rings. The van der Waals surface area contributed by atoms with Crippen LogP contribution in [0.3, 0.4) is 0 Å². The van der Waals surface area contributed by atoms with E-state index in [0.29, 0.717) is 5.56 Å². The van der Waals surface area contributed by atoms with Crippen molar-refractivity contribution in [2.75, 3.05) is 14.2 Å². The number of ether oxygens (including phenoxy) is 4. The second kappa shape index (κ2) is 9.03. The summed E-state index contributed by atoms with van der Waals surface area (Å²) in [6.07, 6.45) is -0.806. The van der Waals surface area contributed by atoms with E-state index in [9.17, 15) is 24.6 Å². The minimum atomic E-state index is -1.22. The van der Waals surface area contributed by atoms with Gasteiger partial charge in [0.15, 0.2) is 11.5 Å². The number of carbonyl (C=O) groups excluding carboxylic acids is 2. The molecule has 10 heteroatoms. The lowest BCUT2D eigenvalue weighted by atomic mass is 10.1. The fraction of sp³-hybridized carbons (Fsp3) is 0.111. The monoisotopic (exact) mass is 389 g/mol. The average Bonchev–Trinajstić information content (AvgIpc) is 2.67. The van der Waals surface area contributed by atoms with Gasteiger partial charge in [0.25, 0.3) is 0 Å². The number of rotatable bonds is 5. The van der Waals surface area contributed by atoms with Gasteiger partial charge >= 0.3 is 18.3 Å². The molecule has 2 aromatic carbocycles. The first kappa shape index (κ1) is 20.2. The Bertz CT molecular complexity index is 937. The van der Waals surface area contributed by atoms with Gasteiger partial charge in [-0.15, -0.1) is 0 Å². The van der Waals surface area contributed by atoms with Gasteiger partial charge < -0.3 is 29.2 Å². The van der Waals surface area contributed by atoms with Crippen LogP contribution < -0.4 is 9.47 Å². The lowest BCUT2D eigenvalue weighted by Crippen LogP contribution is -2.12. The number of hydrogen-bond donors (Lipinski definition) is 2. The van der Waals surface area contributed by atoms with Crippen LogP contribution in [0.25, 0.3) is 0 Å². The zero-order chi connectivity index (χ0) is 20.7. The highest BCUT2D eigenvalue weighted by Gasteiger charge is 2.15. The zero-order valence-corrected chi connectivity index (χ0v) is 14.7. The van der Waals surface area contributed by atoms with Gasteiger partial charge in [-0.2, -0.15) is 0 Å². The lowest BCUT2D eigenvalue weighted by Gasteiger charge is -2.09. The Labute approximate surface area is 158 Å². The van der Waals surface area contributed by atoms with Crippen LogP contribution in [0.5, 0.6) is 17.2 Å². The van der Waals surface area contributed by atoms with E-state index in [-0.39, 0.29) is 28.5 Å². The molecule has 10 nitrogen and oxygen atoms in total. The first-order valence-electron chi connectivity index (χ1n) is 7.60. The van der Waals surface area contributed by atoms with Crippen molar-refractivity contribution in [1.29, 1.82) is 0 Å². The summed E-state index contributed by atoms with van der Waals surface area (Å²) in [6, 6.07) is 7.71. The van der Waals surface area contributed by atoms with E-state index in [1.165, 1.54) is 42.6 Å². The molecule has 2 rings (SSSR count). The number of aliphatic imine (C=N–C) groups is 1. The standard InChI is InChI=1S/C18H15NO9/c1-25-17(23)27-14-6-3-10(7-15(14)28-18(24)26-2)9-19-13-8-11(20)4-5-12(13)16(21)22/h3-9,20H,1-2H3,(H,21,22). The van der Waals surface area contributed by atoms with E-state index >= 15 is 0 Å². The third-order valence-electron chi connectivity index (χ3n) is 3.25. The van der Waals surface area contributed by atoms with E-state index < -0.39 is 18.3 Å². The van der Waals surface area contributed by atoms with E-state index in [4.69, 9.17) is 9.47 Å². The van der Waals surface area contributed by atoms with Gasteiger partial charge in [0.2, 0.25) is 0 Å². The van der Waals surface area contributed by atoms with Crippen molar-refractivity contribution in [1.82, 2.24) is 0 Å². The maximum Gasteiger partial charge on any atom is 0.513 e. The summed E-state index contributed by atoms with van der Waals surface area (Å²) in [5.74, 6) is -1.65. The number of carboxylic acid groups (broad SMARTS) is 1. The molecular formula is C18H15NO9. The van der Waals surface area contributed by atoms with Crippen LogP contribution in [0.4, 0.5) is 15.3 Å². The van der Waals surface area contributed by atoms with E-state index in [0.717, 1.165) is 14.2 Å². The summed E-state index contributed by atoms with van der Waals surface area (Å²) in [6.45, 7) is 0. The minimum absolute atomic E-state index is 0.0119. The number of methoxy groups -OCH3 is 2. The molecule has 0 aliphatic heterocycles. The van der Waals surface area contributed by atoms with Crippen LogP contribution in [-0.4, -0.2) is 48.9 Å². The summed E-state index contributed by atoms with van der Waals surface area (Å²) < 4.78 is 18.6. The molecule has 28 heavy (non-hydrogen) atoms. The largest absolute Gasteiger partial charge is 0.513 e. The lowest BCUT2D eigenvalue weighted by molar-refractivity contribution is 0.0697. The molecule has 0 atom stereocenters. The number of hydrogen-bond acceptors (Lipinski definition) is 9. The third kappa shape index (κ3) is 5.21. The molecule has 0 spiro atoms. The molecule has 0 heterocycles. The third-order valence-corrected chi connectivity index (χ3v) is 3.25. The molecule has 2 aromatic rings. The molecule has 0 radical (unpaired) electrons. The van der Waals surface area contributed by atoms with Gasteiger partial charge in [-0.25, -0.2) is 14.4 Å². The number of aromatic carboxylic acids is 1. The molecule has 2 N–H and O–H groups in total. The van der Waals surface area contributed by atoms with Crippen LogP contribution >= 0.6 is 0 Å². The fourth-order valence-corrected chi connectivity index (χ4v) is 1.98. The molecule has 0 amide bonds. The predicted molar refractivity (Wildman–Crippen MR) is 94.8 cm³/mol. The van der Waals surface area contributed by atoms with Gasteiger partial charge in [-0.05, 0) is 35.9 Å². The number of nitrogens with zero attached hydrogens (tertiary/aromatic N) is 1. The van der Waals surface area contributed by atoms with Crippen molar-refractivity contribution < 1.29 is 43.5 Å². The SMILES string of the molecule is COC(=O)Oc1ccc(C=Nc2cc(O)ccc2C(=O)O)cc1OC(=O)OC. The highest BCUT2D eigenvalue weighted by atomic mass is 16.7. The Balaban J connectivity index is 2.38. The second-order valence-electron chi connectivity index (χ2n) is 5.08. The first-order chi connectivity index (χ1) is 13.3. The highest BCUT2D eigenvalue weighted by Crippen LogP contribution is 2.30. The van der Waals surface area contributed by atoms with Crippen LogP contribution in [0.1, 0.15) is 15.9 Å². The average molecular weight is 389 g/mol. The number of aromatic hydroxyl groups is 1. The quantitative estimate of drug-likeness (QED) is 0.448. The van der Waals surface area contributed by atoms with E-state index in [1.54, 1.807) is 0 Å². The molecule has 146 valence electrons. The van der Waals surface area contributed by atoms with Crippen LogP contribution in [0.2, 0.25) is 0 Å². The first-order valence-corrected chi connectivity index (χ1v) is 7.60. The highest BCUT2D eigenvalue weighted by molar-refractivity contribution is 5.95. The second-order valence-corrected chi connectivity index (χ2v) is 5.08. The Morgan fingerprint density at radius 3 is 2.18 bits per heavy atom. The van der Waals surface area contributed by atoms with Crippen molar-refractivity contribution in [3.8, 4) is 17.2 Å². The van der Waals surface area contributed by atoms with Crippen molar-refractivity contribution in [2.45, 2.75) is 0 Å². The summed E-state index contributed by atoms with van der Waals surface area (Å²) in [5, 5.41) is 18.7. The van der Waals surface area contributed by atoms with Crippen molar-refractivity contribution >= 4 is 30.2 Å². The summed E-state index contributed by atoms with van der Waals surface area (Å²) >= 11 is 0. The van der Waals surface area contributed by atoms with Crippen LogP contribution in [0.15, 0.2) is 41.4 Å². The normalized spacial score (nSPS) is 10.4. The molecule has 0 bridgehead atoms. The van der Waals surface area contributed by atoms with Gasteiger partial charge in [0.05, 0.1) is 25.5 Å².